The van der Waals surface area contributed by atoms with Gasteiger partial charge in [-0.2, -0.15) is 5.10 Å². The van der Waals surface area contributed by atoms with E-state index in [1.165, 1.54) is 76.7 Å². The highest BCUT2D eigenvalue weighted by Crippen LogP contribution is 2.23. The highest BCUT2D eigenvalue weighted by atomic mass is 16.6. The zero-order valence-corrected chi connectivity index (χ0v) is 16.1. The van der Waals surface area contributed by atoms with Gasteiger partial charge in [0.15, 0.2) is 0 Å². The fourth-order valence-electron chi connectivity index (χ4n) is 3.49. The molecule has 0 fully saturated rings. The van der Waals surface area contributed by atoms with Crippen LogP contribution in [0.2, 0.25) is 0 Å². The van der Waals surface area contributed by atoms with Gasteiger partial charge in [-0.1, -0.05) is 77.6 Å². The zero-order valence-electron chi connectivity index (χ0n) is 16.1. The number of unbranched alkanes of at least 4 members (excludes halogenated alkanes) is 11. The smallest absolute Gasteiger partial charge is 0.270 e. The summed E-state index contributed by atoms with van der Waals surface area (Å²) in [5.74, 6) is 0. The molecule has 0 spiro atoms. The van der Waals surface area contributed by atoms with Crippen molar-refractivity contribution in [3.05, 3.63) is 34.0 Å². The molecule has 0 saturated carbocycles. The number of H-pyrrole nitrogens is 1. The summed E-state index contributed by atoms with van der Waals surface area (Å²) in [6, 6.07) is 4.90. The van der Waals surface area contributed by atoms with Crippen molar-refractivity contribution >= 4 is 16.6 Å². The van der Waals surface area contributed by atoms with Crippen LogP contribution < -0.4 is 0 Å². The average molecular weight is 360 g/mol. The number of aromatic amines is 1. The van der Waals surface area contributed by atoms with Crippen LogP contribution in [0.5, 0.6) is 0 Å². The molecule has 5 nitrogen and oxygen atoms in total. The van der Waals surface area contributed by atoms with Crippen LogP contribution in [0.25, 0.3) is 10.9 Å². The van der Waals surface area contributed by atoms with Crippen molar-refractivity contribution in [2.24, 2.45) is 0 Å². The van der Waals surface area contributed by atoms with E-state index in [4.69, 9.17) is 0 Å². The molecule has 2 rings (SSSR count). The van der Waals surface area contributed by atoms with Crippen molar-refractivity contribution < 1.29 is 4.92 Å². The number of nitro benzene ring substituents is 1. The van der Waals surface area contributed by atoms with E-state index in [2.05, 4.69) is 17.1 Å². The second-order valence-electron chi connectivity index (χ2n) is 7.30. The summed E-state index contributed by atoms with van der Waals surface area (Å²) in [4.78, 5) is 10.6. The largest absolute Gasteiger partial charge is 0.278 e. The molecule has 0 bridgehead atoms. The van der Waals surface area contributed by atoms with E-state index in [9.17, 15) is 10.1 Å². The Hall–Kier alpha value is -1.91. The quantitative estimate of drug-likeness (QED) is 0.231. The second kappa shape index (κ2) is 11.7. The Bertz CT molecular complexity index is 666. The predicted octanol–water partition coefficient (Wildman–Crippen LogP) is 6.71. The minimum Gasteiger partial charge on any atom is -0.278 e. The lowest BCUT2D eigenvalue weighted by Crippen LogP contribution is -1.90. The third kappa shape index (κ3) is 6.77. The molecule has 1 aromatic heterocycles. The lowest BCUT2D eigenvalue weighted by molar-refractivity contribution is -0.384. The molecule has 5 heteroatoms. The summed E-state index contributed by atoms with van der Waals surface area (Å²) in [6.45, 7) is 2.26. The van der Waals surface area contributed by atoms with Crippen LogP contribution >= 0.6 is 0 Å². The van der Waals surface area contributed by atoms with Gasteiger partial charge < -0.3 is 0 Å². The van der Waals surface area contributed by atoms with E-state index in [-0.39, 0.29) is 10.6 Å². The third-order valence-electron chi connectivity index (χ3n) is 5.10. The Labute approximate surface area is 156 Å². The molecule has 0 aliphatic rings. The standard InChI is InChI=1S/C21H33N3O2/c1-2-3-4-5-6-7-8-9-10-11-12-13-14-20-19-17-18(24(25)26)15-16-21(19)23-22-20/h15-17H,2-14H2,1H3,(H,22,23). The zero-order chi connectivity index (χ0) is 18.6. The van der Waals surface area contributed by atoms with Crippen LogP contribution in [0.15, 0.2) is 18.2 Å². The molecule has 0 aliphatic carbocycles. The highest BCUT2D eigenvalue weighted by Gasteiger charge is 2.11. The lowest BCUT2D eigenvalue weighted by Gasteiger charge is -2.02. The number of nitrogens with zero attached hydrogens (tertiary/aromatic N) is 2. The Morgan fingerprint density at radius 2 is 1.50 bits per heavy atom. The number of nitro groups is 1. The minimum atomic E-state index is -0.347. The Balaban J connectivity index is 1.57. The maximum Gasteiger partial charge on any atom is 0.270 e. The molecule has 144 valence electrons. The van der Waals surface area contributed by atoms with E-state index in [0.717, 1.165) is 29.4 Å². The summed E-state index contributed by atoms with van der Waals surface area (Å²) in [5.41, 5.74) is 1.97. The molecule has 0 unspecified atom stereocenters. The molecule has 2 aromatic rings. The van der Waals surface area contributed by atoms with E-state index < -0.39 is 0 Å². The fraction of sp³-hybridized carbons (Fsp3) is 0.667. The second-order valence-corrected chi connectivity index (χ2v) is 7.30. The highest BCUT2D eigenvalue weighted by molar-refractivity contribution is 5.83. The van der Waals surface area contributed by atoms with Crippen molar-refractivity contribution in [2.45, 2.75) is 90.4 Å². The van der Waals surface area contributed by atoms with Crippen LogP contribution in [0.4, 0.5) is 5.69 Å². The van der Waals surface area contributed by atoms with Gasteiger partial charge >= 0.3 is 0 Å². The minimum absolute atomic E-state index is 0.134. The number of nitrogens with one attached hydrogen (secondary N) is 1. The molecular formula is C21H33N3O2. The van der Waals surface area contributed by atoms with Crippen LogP contribution in [0.3, 0.4) is 0 Å². The normalized spacial score (nSPS) is 11.3. The number of aryl methyl sites for hydroxylation is 1. The first-order valence-corrected chi connectivity index (χ1v) is 10.3. The molecule has 0 atom stereocenters. The van der Waals surface area contributed by atoms with Gasteiger partial charge in [0.2, 0.25) is 0 Å². The van der Waals surface area contributed by atoms with Gasteiger partial charge in [0.25, 0.3) is 5.69 Å². The summed E-state index contributed by atoms with van der Waals surface area (Å²) < 4.78 is 0. The van der Waals surface area contributed by atoms with Gasteiger partial charge in [0.05, 0.1) is 16.1 Å². The summed E-state index contributed by atoms with van der Waals surface area (Å²) >= 11 is 0. The molecule has 0 radical (unpaired) electrons. The van der Waals surface area contributed by atoms with Crippen LogP contribution in [-0.2, 0) is 6.42 Å². The maximum absolute atomic E-state index is 10.9. The predicted molar refractivity (Wildman–Crippen MR) is 108 cm³/mol. The first-order valence-electron chi connectivity index (χ1n) is 10.3. The molecule has 0 saturated heterocycles. The first-order chi connectivity index (χ1) is 12.7. The molecule has 1 N–H and O–H groups in total. The van der Waals surface area contributed by atoms with Gasteiger partial charge in [-0.25, -0.2) is 0 Å². The molecular weight excluding hydrogens is 326 g/mol. The number of non-ortho nitro benzene ring substituents is 1. The van der Waals surface area contributed by atoms with Crippen molar-refractivity contribution in [2.75, 3.05) is 0 Å². The van der Waals surface area contributed by atoms with Crippen molar-refractivity contribution in [1.29, 1.82) is 0 Å². The number of benzene rings is 1. The van der Waals surface area contributed by atoms with E-state index in [1.54, 1.807) is 12.1 Å². The average Bonchev–Trinajstić information content (AvgIpc) is 3.05. The summed E-state index contributed by atoms with van der Waals surface area (Å²) in [7, 11) is 0. The number of hydrogen-bond donors (Lipinski definition) is 1. The van der Waals surface area contributed by atoms with Gasteiger partial charge in [-0.3, -0.25) is 15.2 Å². The number of aromatic nitrogens is 2. The topological polar surface area (TPSA) is 71.8 Å². The Morgan fingerprint density at radius 3 is 2.08 bits per heavy atom. The van der Waals surface area contributed by atoms with Crippen LogP contribution in [0, 0.1) is 10.1 Å². The van der Waals surface area contributed by atoms with Gasteiger partial charge in [-0.15, -0.1) is 0 Å². The summed E-state index contributed by atoms with van der Waals surface area (Å²) in [5, 5.41) is 19.1. The molecule has 0 aliphatic heterocycles. The number of rotatable bonds is 14. The van der Waals surface area contributed by atoms with Crippen molar-refractivity contribution in [3.8, 4) is 0 Å². The van der Waals surface area contributed by atoms with Gasteiger partial charge in [0, 0.05) is 17.5 Å². The monoisotopic (exact) mass is 359 g/mol. The molecule has 0 amide bonds. The fourth-order valence-corrected chi connectivity index (χ4v) is 3.49. The van der Waals surface area contributed by atoms with E-state index >= 15 is 0 Å². The van der Waals surface area contributed by atoms with Crippen molar-refractivity contribution in [1.82, 2.24) is 10.2 Å². The van der Waals surface area contributed by atoms with Crippen LogP contribution in [-0.4, -0.2) is 15.1 Å². The number of fused-ring (bicyclic) bond motifs is 1. The lowest BCUT2D eigenvalue weighted by atomic mass is 10.0. The first kappa shape index (κ1) is 20.4. The molecule has 1 aromatic carbocycles. The van der Waals surface area contributed by atoms with Gasteiger partial charge in [-0.05, 0) is 18.9 Å². The van der Waals surface area contributed by atoms with E-state index in [1.807, 2.05) is 0 Å². The molecule has 1 heterocycles. The summed E-state index contributed by atoms with van der Waals surface area (Å²) in [6.07, 6.45) is 16.8. The maximum atomic E-state index is 10.9. The third-order valence-corrected chi connectivity index (χ3v) is 5.10. The Morgan fingerprint density at radius 1 is 0.923 bits per heavy atom. The van der Waals surface area contributed by atoms with Crippen molar-refractivity contribution in [3.63, 3.8) is 0 Å². The Kier molecular flexibility index (Phi) is 9.15. The molecule has 26 heavy (non-hydrogen) atoms. The SMILES string of the molecule is CCCCCCCCCCCCCCc1n[nH]c2ccc([N+](=O)[O-])cc12. The van der Waals surface area contributed by atoms with Crippen LogP contribution in [0.1, 0.15) is 89.7 Å². The number of hydrogen-bond acceptors (Lipinski definition) is 3. The van der Waals surface area contributed by atoms with E-state index in [0.29, 0.717) is 0 Å². The van der Waals surface area contributed by atoms with Gasteiger partial charge in [0.1, 0.15) is 0 Å².